The SMILES string of the molecule is CCC(Sc1ccccc1)C(=O)Nc1cccc(CCC(=O)O)c1. The monoisotopic (exact) mass is 343 g/mol. The molecule has 126 valence electrons. The van der Waals surface area contributed by atoms with Crippen molar-refractivity contribution in [2.75, 3.05) is 5.32 Å². The lowest BCUT2D eigenvalue weighted by atomic mass is 10.1. The van der Waals surface area contributed by atoms with Gasteiger partial charge in [0.2, 0.25) is 5.91 Å². The number of hydrogen-bond acceptors (Lipinski definition) is 3. The van der Waals surface area contributed by atoms with Gasteiger partial charge in [-0.15, -0.1) is 11.8 Å². The predicted molar refractivity (Wildman–Crippen MR) is 97.4 cm³/mol. The van der Waals surface area contributed by atoms with Crippen molar-refractivity contribution < 1.29 is 14.7 Å². The summed E-state index contributed by atoms with van der Waals surface area (Å²) < 4.78 is 0. The van der Waals surface area contributed by atoms with Gasteiger partial charge in [-0.2, -0.15) is 0 Å². The summed E-state index contributed by atoms with van der Waals surface area (Å²) in [6.07, 6.45) is 1.26. The maximum Gasteiger partial charge on any atom is 0.303 e. The van der Waals surface area contributed by atoms with E-state index in [4.69, 9.17) is 5.11 Å². The molecule has 0 bridgehead atoms. The van der Waals surface area contributed by atoms with Gasteiger partial charge < -0.3 is 10.4 Å². The molecule has 0 saturated heterocycles. The van der Waals surface area contributed by atoms with E-state index in [2.05, 4.69) is 5.32 Å². The molecular weight excluding hydrogens is 322 g/mol. The zero-order valence-corrected chi connectivity index (χ0v) is 14.4. The third kappa shape index (κ3) is 5.74. The number of amides is 1. The highest BCUT2D eigenvalue weighted by Crippen LogP contribution is 2.26. The average molecular weight is 343 g/mol. The number of anilines is 1. The van der Waals surface area contributed by atoms with Crippen LogP contribution in [-0.4, -0.2) is 22.2 Å². The molecule has 1 atom stereocenters. The number of carbonyl (C=O) groups is 2. The molecule has 0 aliphatic rings. The molecule has 0 aromatic heterocycles. The molecule has 2 aromatic carbocycles. The number of carboxylic acids is 1. The topological polar surface area (TPSA) is 66.4 Å². The molecule has 0 radical (unpaired) electrons. The van der Waals surface area contributed by atoms with E-state index in [1.807, 2.05) is 61.5 Å². The van der Waals surface area contributed by atoms with Gasteiger partial charge in [-0.1, -0.05) is 37.3 Å². The molecule has 0 saturated carbocycles. The smallest absolute Gasteiger partial charge is 0.303 e. The second kappa shape index (κ2) is 9.13. The van der Waals surface area contributed by atoms with Gasteiger partial charge in [-0.3, -0.25) is 9.59 Å². The first kappa shape index (κ1) is 18.1. The van der Waals surface area contributed by atoms with E-state index in [0.717, 1.165) is 16.9 Å². The van der Waals surface area contributed by atoms with Crippen LogP contribution >= 0.6 is 11.8 Å². The van der Waals surface area contributed by atoms with Crippen LogP contribution in [0.2, 0.25) is 0 Å². The Morgan fingerprint density at radius 1 is 1.12 bits per heavy atom. The molecule has 4 nitrogen and oxygen atoms in total. The summed E-state index contributed by atoms with van der Waals surface area (Å²) in [5.74, 6) is -0.864. The molecule has 0 aliphatic heterocycles. The number of hydrogen-bond donors (Lipinski definition) is 2. The van der Waals surface area contributed by atoms with E-state index < -0.39 is 5.97 Å². The van der Waals surface area contributed by atoms with Gasteiger partial charge in [0.15, 0.2) is 0 Å². The number of carboxylic acid groups (broad SMARTS) is 1. The van der Waals surface area contributed by atoms with Crippen molar-refractivity contribution >= 4 is 29.3 Å². The van der Waals surface area contributed by atoms with Crippen LogP contribution in [0.4, 0.5) is 5.69 Å². The van der Waals surface area contributed by atoms with E-state index in [9.17, 15) is 9.59 Å². The summed E-state index contributed by atoms with van der Waals surface area (Å²) in [6.45, 7) is 1.99. The lowest BCUT2D eigenvalue weighted by molar-refractivity contribution is -0.137. The van der Waals surface area contributed by atoms with Gasteiger partial charge in [-0.05, 0) is 42.7 Å². The number of carbonyl (C=O) groups excluding carboxylic acids is 1. The van der Waals surface area contributed by atoms with Gasteiger partial charge >= 0.3 is 5.97 Å². The Balaban J connectivity index is 1.99. The highest BCUT2D eigenvalue weighted by Gasteiger charge is 2.18. The Kier molecular flexibility index (Phi) is 6.88. The van der Waals surface area contributed by atoms with E-state index >= 15 is 0 Å². The highest BCUT2D eigenvalue weighted by atomic mass is 32.2. The van der Waals surface area contributed by atoms with Crippen LogP contribution in [0.25, 0.3) is 0 Å². The fourth-order valence-corrected chi connectivity index (χ4v) is 3.24. The summed E-state index contributed by atoms with van der Waals surface area (Å²) in [6, 6.07) is 17.2. The third-order valence-electron chi connectivity index (χ3n) is 3.51. The molecule has 1 amide bonds. The first-order valence-corrected chi connectivity index (χ1v) is 8.79. The van der Waals surface area contributed by atoms with Crippen LogP contribution in [0.5, 0.6) is 0 Å². The fourth-order valence-electron chi connectivity index (χ4n) is 2.26. The zero-order valence-electron chi connectivity index (χ0n) is 13.6. The minimum atomic E-state index is -0.824. The number of aliphatic carboxylic acids is 1. The summed E-state index contributed by atoms with van der Waals surface area (Å²) in [7, 11) is 0. The minimum Gasteiger partial charge on any atom is -0.481 e. The number of nitrogens with one attached hydrogen (secondary N) is 1. The van der Waals surface area contributed by atoms with Crippen LogP contribution in [-0.2, 0) is 16.0 Å². The first-order chi connectivity index (χ1) is 11.6. The Hall–Kier alpha value is -2.27. The number of aryl methyl sites for hydroxylation is 1. The molecule has 0 heterocycles. The summed E-state index contributed by atoms with van der Waals surface area (Å²) in [5.41, 5.74) is 1.61. The second-order valence-electron chi connectivity index (χ2n) is 5.41. The molecule has 1 unspecified atom stereocenters. The lowest BCUT2D eigenvalue weighted by Crippen LogP contribution is -2.24. The Labute approximate surface area is 146 Å². The minimum absolute atomic E-state index is 0.0401. The Bertz CT molecular complexity index is 688. The van der Waals surface area contributed by atoms with Crippen LogP contribution in [0.1, 0.15) is 25.3 Å². The van der Waals surface area contributed by atoms with E-state index in [1.54, 1.807) is 11.8 Å². The zero-order chi connectivity index (χ0) is 17.4. The van der Waals surface area contributed by atoms with Crippen LogP contribution in [0, 0.1) is 0 Å². The number of thioether (sulfide) groups is 1. The third-order valence-corrected chi connectivity index (χ3v) is 4.88. The van der Waals surface area contributed by atoms with Gasteiger partial charge in [0.25, 0.3) is 0 Å². The van der Waals surface area contributed by atoms with Crippen LogP contribution in [0.3, 0.4) is 0 Å². The quantitative estimate of drug-likeness (QED) is 0.705. The van der Waals surface area contributed by atoms with Crippen LogP contribution < -0.4 is 5.32 Å². The Morgan fingerprint density at radius 2 is 1.88 bits per heavy atom. The van der Waals surface area contributed by atoms with Crippen molar-refractivity contribution in [1.29, 1.82) is 0 Å². The normalized spacial score (nSPS) is 11.7. The molecule has 0 fully saturated rings. The lowest BCUT2D eigenvalue weighted by Gasteiger charge is -2.15. The summed E-state index contributed by atoms with van der Waals surface area (Å²) in [4.78, 5) is 24.2. The molecule has 2 aromatic rings. The number of benzene rings is 2. The van der Waals surface area contributed by atoms with E-state index in [1.165, 1.54) is 0 Å². The van der Waals surface area contributed by atoms with Gasteiger partial charge in [0.05, 0.1) is 5.25 Å². The van der Waals surface area contributed by atoms with Crippen molar-refractivity contribution in [1.82, 2.24) is 0 Å². The van der Waals surface area contributed by atoms with Crippen molar-refractivity contribution in [3.8, 4) is 0 Å². The highest BCUT2D eigenvalue weighted by molar-refractivity contribution is 8.00. The summed E-state index contributed by atoms with van der Waals surface area (Å²) >= 11 is 1.54. The van der Waals surface area contributed by atoms with E-state index in [-0.39, 0.29) is 17.6 Å². The van der Waals surface area contributed by atoms with Gasteiger partial charge in [0, 0.05) is 17.0 Å². The van der Waals surface area contributed by atoms with Crippen molar-refractivity contribution in [2.45, 2.75) is 36.3 Å². The van der Waals surface area contributed by atoms with Crippen LogP contribution in [0.15, 0.2) is 59.5 Å². The maximum atomic E-state index is 12.5. The van der Waals surface area contributed by atoms with Crippen molar-refractivity contribution in [2.24, 2.45) is 0 Å². The molecule has 5 heteroatoms. The summed E-state index contributed by atoms with van der Waals surface area (Å²) in [5, 5.41) is 11.5. The maximum absolute atomic E-state index is 12.5. The molecule has 0 aliphatic carbocycles. The van der Waals surface area contributed by atoms with Crippen molar-refractivity contribution in [3.05, 3.63) is 60.2 Å². The van der Waals surface area contributed by atoms with Gasteiger partial charge in [-0.25, -0.2) is 0 Å². The standard InChI is InChI=1S/C19H21NO3S/c1-2-17(24-16-9-4-3-5-10-16)19(23)20-15-8-6-7-14(13-15)11-12-18(21)22/h3-10,13,17H,2,11-12H2,1H3,(H,20,23)(H,21,22). The molecule has 2 N–H and O–H groups in total. The predicted octanol–water partition coefficient (Wildman–Crippen LogP) is 4.21. The fraction of sp³-hybridized carbons (Fsp3) is 0.263. The molecule has 0 spiro atoms. The largest absolute Gasteiger partial charge is 0.481 e. The number of rotatable bonds is 8. The second-order valence-corrected chi connectivity index (χ2v) is 6.69. The molecule has 2 rings (SSSR count). The Morgan fingerprint density at radius 3 is 2.54 bits per heavy atom. The average Bonchev–Trinajstić information content (AvgIpc) is 2.59. The molecule has 24 heavy (non-hydrogen) atoms. The first-order valence-electron chi connectivity index (χ1n) is 7.91. The van der Waals surface area contributed by atoms with Crippen molar-refractivity contribution in [3.63, 3.8) is 0 Å². The molecular formula is C19H21NO3S. The van der Waals surface area contributed by atoms with Gasteiger partial charge in [0.1, 0.15) is 0 Å². The van der Waals surface area contributed by atoms with E-state index in [0.29, 0.717) is 12.1 Å².